The molecule has 0 aromatic heterocycles. The molecule has 1 fully saturated rings. The van der Waals surface area contributed by atoms with Gasteiger partial charge in [-0.3, -0.25) is 9.69 Å². The number of carbonyl (C=O) groups excluding carboxylic acids is 2. The molecule has 1 aliphatic rings. The molecular formula is C21H22F2N2O3. The number of benzene rings is 2. The molecule has 0 aliphatic carbocycles. The minimum Gasteiger partial charge on any atom is -0.449 e. The van der Waals surface area contributed by atoms with Gasteiger partial charge in [0.2, 0.25) is 0 Å². The van der Waals surface area contributed by atoms with E-state index in [1.54, 1.807) is 4.90 Å². The van der Waals surface area contributed by atoms with Crippen molar-refractivity contribution in [1.82, 2.24) is 9.80 Å². The maximum Gasteiger partial charge on any atom is 0.341 e. The van der Waals surface area contributed by atoms with Gasteiger partial charge in [0, 0.05) is 38.8 Å². The Morgan fingerprint density at radius 1 is 1.04 bits per heavy atom. The van der Waals surface area contributed by atoms with Crippen LogP contribution in [0.4, 0.5) is 8.78 Å². The summed E-state index contributed by atoms with van der Waals surface area (Å²) in [5.41, 5.74) is 0.819. The Morgan fingerprint density at radius 2 is 1.71 bits per heavy atom. The first-order valence-electron chi connectivity index (χ1n) is 9.15. The minimum absolute atomic E-state index is 0.324. The van der Waals surface area contributed by atoms with Crippen LogP contribution < -0.4 is 0 Å². The lowest BCUT2D eigenvalue weighted by molar-refractivity contribution is -0.141. The number of nitrogens with zero attached hydrogens (tertiary/aromatic N) is 2. The Kier molecular flexibility index (Phi) is 6.36. The number of piperazine rings is 1. The number of hydrogen-bond donors (Lipinski definition) is 0. The number of esters is 1. The van der Waals surface area contributed by atoms with Crippen LogP contribution in [0.15, 0.2) is 48.5 Å². The van der Waals surface area contributed by atoms with E-state index in [0.717, 1.165) is 18.7 Å². The summed E-state index contributed by atoms with van der Waals surface area (Å²) in [7, 11) is 0. The van der Waals surface area contributed by atoms with Gasteiger partial charge in [-0.05, 0) is 24.6 Å². The van der Waals surface area contributed by atoms with Crippen molar-refractivity contribution >= 4 is 11.9 Å². The van der Waals surface area contributed by atoms with Gasteiger partial charge in [-0.15, -0.1) is 0 Å². The van der Waals surface area contributed by atoms with Crippen molar-refractivity contribution in [2.75, 3.05) is 26.2 Å². The summed E-state index contributed by atoms with van der Waals surface area (Å²) in [5.74, 6) is -3.11. The number of hydrogen-bond acceptors (Lipinski definition) is 4. The predicted molar refractivity (Wildman–Crippen MR) is 99.5 cm³/mol. The second kappa shape index (κ2) is 8.93. The van der Waals surface area contributed by atoms with Gasteiger partial charge in [0.05, 0.1) is 5.56 Å². The van der Waals surface area contributed by atoms with Crippen LogP contribution in [0.1, 0.15) is 22.8 Å². The molecule has 0 bridgehead atoms. The molecule has 2 aromatic rings. The fourth-order valence-corrected chi connectivity index (χ4v) is 3.15. The van der Waals surface area contributed by atoms with Crippen LogP contribution in [0.2, 0.25) is 0 Å². The number of amides is 1. The lowest BCUT2D eigenvalue weighted by Gasteiger charge is -2.35. The van der Waals surface area contributed by atoms with Crippen LogP contribution in [-0.2, 0) is 16.1 Å². The molecule has 2 aromatic carbocycles. The van der Waals surface area contributed by atoms with Gasteiger partial charge in [-0.2, -0.15) is 0 Å². The summed E-state index contributed by atoms with van der Waals surface area (Å²) < 4.78 is 31.7. The molecule has 148 valence electrons. The molecule has 1 atom stereocenters. The van der Waals surface area contributed by atoms with E-state index in [9.17, 15) is 18.4 Å². The zero-order valence-corrected chi connectivity index (χ0v) is 15.6. The first-order valence-corrected chi connectivity index (χ1v) is 9.15. The third-order valence-corrected chi connectivity index (χ3v) is 4.72. The van der Waals surface area contributed by atoms with E-state index in [2.05, 4.69) is 17.0 Å². The van der Waals surface area contributed by atoms with E-state index in [4.69, 9.17) is 4.74 Å². The Morgan fingerprint density at radius 3 is 2.36 bits per heavy atom. The molecular weight excluding hydrogens is 366 g/mol. The summed E-state index contributed by atoms with van der Waals surface area (Å²) in [5, 5.41) is 0. The van der Waals surface area contributed by atoms with E-state index < -0.39 is 29.3 Å². The van der Waals surface area contributed by atoms with Crippen LogP contribution in [-0.4, -0.2) is 54.0 Å². The smallest absolute Gasteiger partial charge is 0.341 e. The standard InChI is InChI=1S/C21H22F2N2O3/c1-15(28-21(27)18-8-7-17(22)13-19(18)23)20(26)25-11-9-24(10-12-25)14-16-5-3-2-4-6-16/h2-8,13,15H,9-12,14H2,1H3. The van der Waals surface area contributed by atoms with Crippen molar-refractivity contribution in [3.05, 3.63) is 71.3 Å². The number of carbonyl (C=O) groups is 2. The molecule has 0 spiro atoms. The van der Waals surface area contributed by atoms with E-state index in [1.165, 1.54) is 12.5 Å². The Balaban J connectivity index is 1.51. The Bertz CT molecular complexity index is 837. The lowest BCUT2D eigenvalue weighted by Crippen LogP contribution is -2.51. The summed E-state index contributed by atoms with van der Waals surface area (Å²) >= 11 is 0. The van der Waals surface area contributed by atoms with Gasteiger partial charge in [-0.25, -0.2) is 13.6 Å². The van der Waals surface area contributed by atoms with Crippen molar-refractivity contribution in [3.8, 4) is 0 Å². The zero-order valence-electron chi connectivity index (χ0n) is 15.6. The third-order valence-electron chi connectivity index (χ3n) is 4.72. The zero-order chi connectivity index (χ0) is 20.1. The topological polar surface area (TPSA) is 49.9 Å². The number of rotatable bonds is 5. The highest BCUT2D eigenvalue weighted by Crippen LogP contribution is 2.14. The summed E-state index contributed by atoms with van der Waals surface area (Å²) in [6, 6.07) is 12.7. The van der Waals surface area contributed by atoms with Crippen LogP contribution in [0.25, 0.3) is 0 Å². The van der Waals surface area contributed by atoms with Crippen LogP contribution >= 0.6 is 0 Å². The Hall–Kier alpha value is -2.80. The molecule has 1 saturated heterocycles. The third kappa shape index (κ3) is 4.92. The van der Waals surface area contributed by atoms with Crippen LogP contribution in [0, 0.1) is 11.6 Å². The van der Waals surface area contributed by atoms with Gasteiger partial charge in [0.25, 0.3) is 5.91 Å². The molecule has 0 saturated carbocycles. The van der Waals surface area contributed by atoms with Crippen molar-refractivity contribution in [2.24, 2.45) is 0 Å². The molecule has 28 heavy (non-hydrogen) atoms. The molecule has 0 N–H and O–H groups in total. The van der Waals surface area contributed by atoms with E-state index >= 15 is 0 Å². The summed E-state index contributed by atoms with van der Waals surface area (Å²) in [6.45, 7) is 4.76. The average Bonchev–Trinajstić information content (AvgIpc) is 2.68. The second-order valence-corrected chi connectivity index (χ2v) is 6.76. The monoisotopic (exact) mass is 388 g/mol. The van der Waals surface area contributed by atoms with Gasteiger partial charge in [0.1, 0.15) is 11.6 Å². The maximum atomic E-state index is 13.7. The molecule has 3 rings (SSSR count). The Labute approximate surface area is 162 Å². The average molecular weight is 388 g/mol. The molecule has 1 heterocycles. The van der Waals surface area contributed by atoms with Crippen molar-refractivity contribution in [1.29, 1.82) is 0 Å². The quantitative estimate of drug-likeness (QED) is 0.739. The van der Waals surface area contributed by atoms with E-state index in [-0.39, 0.29) is 5.91 Å². The first kappa shape index (κ1) is 19.9. The molecule has 1 aliphatic heterocycles. The maximum absolute atomic E-state index is 13.7. The van der Waals surface area contributed by atoms with Gasteiger partial charge in [-0.1, -0.05) is 30.3 Å². The fraction of sp³-hybridized carbons (Fsp3) is 0.333. The second-order valence-electron chi connectivity index (χ2n) is 6.76. The SMILES string of the molecule is CC(OC(=O)c1ccc(F)cc1F)C(=O)N1CCN(Cc2ccccc2)CC1. The van der Waals surface area contributed by atoms with Crippen LogP contribution in [0.5, 0.6) is 0 Å². The van der Waals surface area contributed by atoms with Crippen molar-refractivity contribution < 1.29 is 23.1 Å². The molecule has 1 unspecified atom stereocenters. The van der Waals surface area contributed by atoms with Crippen molar-refractivity contribution in [2.45, 2.75) is 19.6 Å². The van der Waals surface area contributed by atoms with Crippen LogP contribution in [0.3, 0.4) is 0 Å². The highest BCUT2D eigenvalue weighted by atomic mass is 19.1. The van der Waals surface area contributed by atoms with Gasteiger partial charge < -0.3 is 9.64 Å². The molecule has 0 radical (unpaired) electrons. The lowest BCUT2D eigenvalue weighted by atomic mass is 10.2. The molecule has 7 heteroatoms. The first-order chi connectivity index (χ1) is 13.4. The minimum atomic E-state index is -1.04. The van der Waals surface area contributed by atoms with E-state index in [0.29, 0.717) is 32.2 Å². The summed E-state index contributed by atoms with van der Waals surface area (Å²) in [6.07, 6.45) is -1.04. The van der Waals surface area contributed by atoms with E-state index in [1.807, 2.05) is 18.2 Å². The predicted octanol–water partition coefficient (Wildman–Crippen LogP) is 2.85. The summed E-state index contributed by atoms with van der Waals surface area (Å²) in [4.78, 5) is 28.5. The van der Waals surface area contributed by atoms with Crippen molar-refractivity contribution in [3.63, 3.8) is 0 Å². The molecule has 5 nitrogen and oxygen atoms in total. The largest absolute Gasteiger partial charge is 0.449 e. The number of ether oxygens (including phenoxy) is 1. The molecule has 1 amide bonds. The fourth-order valence-electron chi connectivity index (χ4n) is 3.15. The van der Waals surface area contributed by atoms with Gasteiger partial charge in [0.15, 0.2) is 6.10 Å². The number of halogens is 2. The van der Waals surface area contributed by atoms with Gasteiger partial charge >= 0.3 is 5.97 Å². The normalized spacial score (nSPS) is 15.9. The highest BCUT2D eigenvalue weighted by molar-refractivity contribution is 5.92. The highest BCUT2D eigenvalue weighted by Gasteiger charge is 2.28.